The van der Waals surface area contributed by atoms with Gasteiger partial charge in [-0.3, -0.25) is 0 Å². The van der Waals surface area contributed by atoms with Crippen molar-refractivity contribution in [2.45, 2.75) is 50.1 Å². The van der Waals surface area contributed by atoms with Crippen molar-refractivity contribution in [2.24, 2.45) is 0 Å². The first-order valence-corrected chi connectivity index (χ1v) is 8.36. The number of benzene rings is 1. The number of aryl methyl sites for hydroxylation is 2. The Morgan fingerprint density at radius 3 is 2.48 bits per heavy atom. The second-order valence-electron chi connectivity index (χ2n) is 5.47. The Kier molecular flexibility index (Phi) is 5.83. The third-order valence-corrected chi connectivity index (χ3v) is 4.30. The molecule has 1 aromatic heterocycles. The van der Waals surface area contributed by atoms with Gasteiger partial charge < -0.3 is 5.32 Å². The van der Waals surface area contributed by atoms with Crippen LogP contribution in [0.25, 0.3) is 0 Å². The van der Waals surface area contributed by atoms with E-state index >= 15 is 0 Å². The van der Waals surface area contributed by atoms with Crippen LogP contribution in [0.15, 0.2) is 46.3 Å². The standard InChI is InChI=1S/C18H24N2S/c1-5-10-19-15(4)16-6-8-17(9-7-16)21-18-12-13(2)11-14(3)20-18/h6-9,11-12,15,19H,5,10H2,1-4H3. The molecular formula is C18H24N2S. The van der Waals surface area contributed by atoms with Gasteiger partial charge in [0.15, 0.2) is 0 Å². The second-order valence-corrected chi connectivity index (χ2v) is 6.56. The molecule has 0 saturated carbocycles. The van der Waals surface area contributed by atoms with Gasteiger partial charge in [-0.15, -0.1) is 0 Å². The summed E-state index contributed by atoms with van der Waals surface area (Å²) in [5, 5.41) is 4.58. The third kappa shape index (κ3) is 4.87. The number of nitrogens with one attached hydrogen (secondary N) is 1. The number of pyridine rings is 1. The van der Waals surface area contributed by atoms with Crippen LogP contribution in [0.3, 0.4) is 0 Å². The van der Waals surface area contributed by atoms with Crippen LogP contribution in [-0.2, 0) is 0 Å². The highest BCUT2D eigenvalue weighted by molar-refractivity contribution is 7.99. The fraction of sp³-hybridized carbons (Fsp3) is 0.389. The van der Waals surface area contributed by atoms with Gasteiger partial charge in [0.25, 0.3) is 0 Å². The van der Waals surface area contributed by atoms with Crippen LogP contribution in [-0.4, -0.2) is 11.5 Å². The van der Waals surface area contributed by atoms with Gasteiger partial charge in [-0.25, -0.2) is 4.98 Å². The lowest BCUT2D eigenvalue weighted by molar-refractivity contribution is 0.570. The summed E-state index contributed by atoms with van der Waals surface area (Å²) in [5.41, 5.74) is 3.67. The van der Waals surface area contributed by atoms with Gasteiger partial charge in [-0.05, 0) is 69.1 Å². The molecule has 1 N–H and O–H groups in total. The largest absolute Gasteiger partial charge is 0.310 e. The van der Waals surface area contributed by atoms with Crippen LogP contribution in [0.4, 0.5) is 0 Å². The van der Waals surface area contributed by atoms with Gasteiger partial charge in [-0.2, -0.15) is 0 Å². The van der Waals surface area contributed by atoms with Crippen LogP contribution in [0.1, 0.15) is 43.1 Å². The summed E-state index contributed by atoms with van der Waals surface area (Å²) >= 11 is 1.72. The minimum atomic E-state index is 0.406. The minimum absolute atomic E-state index is 0.406. The summed E-state index contributed by atoms with van der Waals surface area (Å²) in [6.45, 7) is 9.62. The third-order valence-electron chi connectivity index (χ3n) is 3.38. The van der Waals surface area contributed by atoms with Crippen LogP contribution in [0.2, 0.25) is 0 Å². The molecule has 0 bridgehead atoms. The predicted molar refractivity (Wildman–Crippen MR) is 91.0 cm³/mol. The summed E-state index contributed by atoms with van der Waals surface area (Å²) in [5.74, 6) is 0. The highest BCUT2D eigenvalue weighted by atomic mass is 32.2. The van der Waals surface area contributed by atoms with Crippen molar-refractivity contribution in [1.29, 1.82) is 0 Å². The minimum Gasteiger partial charge on any atom is -0.310 e. The van der Waals surface area contributed by atoms with Gasteiger partial charge in [0.2, 0.25) is 0 Å². The summed E-state index contributed by atoms with van der Waals surface area (Å²) in [6, 6.07) is 13.4. The molecule has 1 aromatic carbocycles. The Hall–Kier alpha value is -1.32. The van der Waals surface area contributed by atoms with E-state index in [1.165, 1.54) is 16.0 Å². The number of rotatable bonds is 6. The van der Waals surface area contributed by atoms with Gasteiger partial charge in [0.05, 0.1) is 0 Å². The van der Waals surface area contributed by atoms with E-state index < -0.39 is 0 Å². The highest BCUT2D eigenvalue weighted by Crippen LogP contribution is 2.28. The van der Waals surface area contributed by atoms with E-state index in [1.807, 2.05) is 6.92 Å². The molecule has 112 valence electrons. The lowest BCUT2D eigenvalue weighted by atomic mass is 10.1. The van der Waals surface area contributed by atoms with Crippen LogP contribution in [0.5, 0.6) is 0 Å². The molecule has 2 rings (SSSR count). The van der Waals surface area contributed by atoms with Crippen molar-refractivity contribution in [3.63, 3.8) is 0 Å². The summed E-state index contributed by atoms with van der Waals surface area (Å²) < 4.78 is 0. The van der Waals surface area contributed by atoms with E-state index in [0.717, 1.165) is 23.7 Å². The Morgan fingerprint density at radius 1 is 1.14 bits per heavy atom. The average molecular weight is 300 g/mol. The smallest absolute Gasteiger partial charge is 0.101 e. The van der Waals surface area contributed by atoms with Gasteiger partial charge >= 0.3 is 0 Å². The van der Waals surface area contributed by atoms with Crippen LogP contribution < -0.4 is 5.32 Å². The molecule has 0 aliphatic heterocycles. The van der Waals surface area contributed by atoms with E-state index in [0.29, 0.717) is 6.04 Å². The monoisotopic (exact) mass is 300 g/mol. The SMILES string of the molecule is CCCNC(C)c1ccc(Sc2cc(C)cc(C)n2)cc1. The number of aromatic nitrogens is 1. The maximum absolute atomic E-state index is 4.58. The topological polar surface area (TPSA) is 24.9 Å². The van der Waals surface area contributed by atoms with Crippen molar-refractivity contribution in [1.82, 2.24) is 10.3 Å². The molecule has 2 aromatic rings. The van der Waals surface area contributed by atoms with Crippen LogP contribution >= 0.6 is 11.8 Å². The molecule has 0 amide bonds. The molecule has 1 unspecified atom stereocenters. The Balaban J connectivity index is 2.05. The molecule has 0 aliphatic carbocycles. The zero-order valence-electron chi connectivity index (χ0n) is 13.3. The molecule has 1 atom stereocenters. The Labute approximate surface area is 132 Å². The summed E-state index contributed by atoms with van der Waals surface area (Å²) in [4.78, 5) is 5.81. The van der Waals surface area contributed by atoms with Crippen molar-refractivity contribution >= 4 is 11.8 Å². The first-order valence-electron chi connectivity index (χ1n) is 7.55. The molecule has 21 heavy (non-hydrogen) atoms. The van der Waals surface area contributed by atoms with E-state index in [1.54, 1.807) is 11.8 Å². The zero-order valence-corrected chi connectivity index (χ0v) is 14.1. The Bertz CT molecular complexity index is 558. The lowest BCUT2D eigenvalue weighted by Gasteiger charge is -2.14. The summed E-state index contributed by atoms with van der Waals surface area (Å²) in [7, 11) is 0. The molecule has 2 nitrogen and oxygen atoms in total. The number of hydrogen-bond acceptors (Lipinski definition) is 3. The van der Waals surface area contributed by atoms with Gasteiger partial charge in [0.1, 0.15) is 5.03 Å². The van der Waals surface area contributed by atoms with Gasteiger partial charge in [0, 0.05) is 16.6 Å². The predicted octanol–water partition coefficient (Wildman–Crippen LogP) is 4.91. The molecule has 0 fully saturated rings. The number of nitrogens with zero attached hydrogens (tertiary/aromatic N) is 1. The van der Waals surface area contributed by atoms with E-state index in [-0.39, 0.29) is 0 Å². The quantitative estimate of drug-likeness (QED) is 0.820. The van der Waals surface area contributed by atoms with Crippen molar-refractivity contribution < 1.29 is 0 Å². The van der Waals surface area contributed by atoms with E-state index in [9.17, 15) is 0 Å². The molecule has 0 aliphatic rings. The maximum atomic E-state index is 4.58. The van der Waals surface area contributed by atoms with Gasteiger partial charge in [-0.1, -0.05) is 30.8 Å². The fourth-order valence-electron chi connectivity index (χ4n) is 2.28. The molecule has 3 heteroatoms. The average Bonchev–Trinajstić information content (AvgIpc) is 2.44. The molecule has 0 saturated heterocycles. The first-order chi connectivity index (χ1) is 10.1. The highest BCUT2D eigenvalue weighted by Gasteiger charge is 2.05. The van der Waals surface area contributed by atoms with Crippen molar-refractivity contribution in [3.05, 3.63) is 53.2 Å². The molecule has 1 heterocycles. The summed E-state index contributed by atoms with van der Waals surface area (Å²) in [6.07, 6.45) is 1.16. The Morgan fingerprint density at radius 2 is 1.86 bits per heavy atom. The molecular weight excluding hydrogens is 276 g/mol. The number of hydrogen-bond donors (Lipinski definition) is 1. The zero-order chi connectivity index (χ0) is 15.2. The maximum Gasteiger partial charge on any atom is 0.101 e. The van der Waals surface area contributed by atoms with Crippen LogP contribution in [0, 0.1) is 13.8 Å². The fourth-order valence-corrected chi connectivity index (χ4v) is 3.23. The first kappa shape index (κ1) is 16.1. The molecule has 0 spiro atoms. The van der Waals surface area contributed by atoms with Crippen molar-refractivity contribution in [2.75, 3.05) is 6.54 Å². The normalized spacial score (nSPS) is 12.4. The molecule has 0 radical (unpaired) electrons. The second kappa shape index (κ2) is 7.62. The van der Waals surface area contributed by atoms with E-state index in [4.69, 9.17) is 0 Å². The van der Waals surface area contributed by atoms with E-state index in [2.05, 4.69) is 67.5 Å². The van der Waals surface area contributed by atoms with Crippen molar-refractivity contribution in [3.8, 4) is 0 Å². The lowest BCUT2D eigenvalue weighted by Crippen LogP contribution is -2.19.